The normalized spacial score (nSPS) is 51.4. The number of fused-ring (bicyclic) bond motifs is 5. The van der Waals surface area contributed by atoms with Gasteiger partial charge in [0, 0.05) is 11.8 Å². The summed E-state index contributed by atoms with van der Waals surface area (Å²) in [5.41, 5.74) is 0.342. The van der Waals surface area contributed by atoms with Crippen LogP contribution in [0, 0.1) is 45.8 Å². The molecule has 5 nitrogen and oxygen atoms in total. The van der Waals surface area contributed by atoms with Crippen LogP contribution >= 0.6 is 0 Å². The highest BCUT2D eigenvalue weighted by Gasteiger charge is 2.68. The lowest BCUT2D eigenvalue weighted by Crippen LogP contribution is -2.64. The quantitative estimate of drug-likeness (QED) is 0.447. The van der Waals surface area contributed by atoms with Gasteiger partial charge in [-0.3, -0.25) is 0 Å². The second kappa shape index (κ2) is 7.74. The van der Waals surface area contributed by atoms with Crippen LogP contribution in [0.25, 0.3) is 0 Å². The number of hydrogen-bond acceptors (Lipinski definition) is 5. The third-order valence-electron chi connectivity index (χ3n) is 11.0. The fourth-order valence-corrected chi connectivity index (χ4v) is 9.43. The van der Waals surface area contributed by atoms with Crippen LogP contribution in [0.5, 0.6) is 0 Å². The van der Waals surface area contributed by atoms with Crippen LogP contribution in [0.3, 0.4) is 0 Å². The summed E-state index contributed by atoms with van der Waals surface area (Å²) in [6, 6.07) is 0. The summed E-state index contributed by atoms with van der Waals surface area (Å²) in [7, 11) is 0. The van der Waals surface area contributed by atoms with E-state index in [1.54, 1.807) is 0 Å². The molecule has 0 bridgehead atoms. The van der Waals surface area contributed by atoms with Gasteiger partial charge in [-0.05, 0) is 98.2 Å². The topological polar surface area (TPSA) is 87.0 Å². The molecule has 0 heterocycles. The Bertz CT molecular complexity index is 666. The molecule has 0 radical (unpaired) electrons. The Morgan fingerprint density at radius 3 is 2.37 bits per heavy atom. The van der Waals surface area contributed by atoms with Crippen molar-refractivity contribution in [2.45, 2.75) is 104 Å². The number of rotatable bonds is 4. The first-order valence-electron chi connectivity index (χ1n) is 12.3. The van der Waals surface area contributed by atoms with E-state index >= 15 is 0 Å². The molecular weight excluding hydrogens is 380 g/mol. The highest BCUT2D eigenvalue weighted by molar-refractivity contribution is 5.68. The van der Waals surface area contributed by atoms with Crippen molar-refractivity contribution in [2.24, 2.45) is 45.8 Å². The van der Waals surface area contributed by atoms with Gasteiger partial charge in [-0.1, -0.05) is 27.7 Å². The molecule has 0 aromatic carbocycles. The summed E-state index contributed by atoms with van der Waals surface area (Å²) in [4.78, 5) is 15.3. The van der Waals surface area contributed by atoms with E-state index in [0.29, 0.717) is 29.6 Å². The van der Waals surface area contributed by atoms with Crippen molar-refractivity contribution in [3.05, 3.63) is 0 Å². The van der Waals surface area contributed by atoms with Crippen molar-refractivity contribution in [1.82, 2.24) is 0 Å². The molecule has 4 aliphatic rings. The van der Waals surface area contributed by atoms with Gasteiger partial charge in [0.05, 0.1) is 12.2 Å². The van der Waals surface area contributed by atoms with E-state index in [1.165, 1.54) is 6.42 Å². The fraction of sp³-hybridized carbons (Fsp3) is 0.960. The average molecular weight is 423 g/mol. The highest BCUT2D eigenvalue weighted by atomic mass is 17.1. The number of carbonyl (C=O) groups excluding carboxylic acids is 1. The van der Waals surface area contributed by atoms with Crippen molar-refractivity contribution in [3.63, 3.8) is 0 Å². The summed E-state index contributed by atoms with van der Waals surface area (Å²) in [5, 5.41) is 30.4. The molecule has 0 spiro atoms. The predicted octanol–water partition coefficient (Wildman–Crippen LogP) is 4.80. The molecular formula is C25H42O5. The lowest BCUT2D eigenvalue weighted by molar-refractivity contribution is -0.235. The maximum absolute atomic E-state index is 11.5. The first-order chi connectivity index (χ1) is 14.1. The Labute approximate surface area is 181 Å². The SMILES string of the molecule is C[C@H](CCC(=O)OO)[C@H]1CCC2C1(C)CCC1C2(C)[C@@H](O)CC2C[C@H](O)CC[C@@]21C. The molecule has 0 aromatic heterocycles. The van der Waals surface area contributed by atoms with Crippen LogP contribution in [0.4, 0.5) is 0 Å². The number of hydrogen-bond donors (Lipinski definition) is 3. The Morgan fingerprint density at radius 2 is 1.67 bits per heavy atom. The molecule has 5 heteroatoms. The van der Waals surface area contributed by atoms with Gasteiger partial charge in [0.15, 0.2) is 0 Å². The maximum Gasteiger partial charge on any atom is 0.342 e. The lowest BCUT2D eigenvalue weighted by Gasteiger charge is -2.67. The second-order valence-electron chi connectivity index (χ2n) is 12.1. The zero-order valence-corrected chi connectivity index (χ0v) is 19.3. The van der Waals surface area contributed by atoms with E-state index in [-0.39, 0.29) is 34.9 Å². The van der Waals surface area contributed by atoms with Gasteiger partial charge in [-0.25, -0.2) is 4.79 Å². The van der Waals surface area contributed by atoms with Crippen LogP contribution in [0.1, 0.15) is 91.9 Å². The van der Waals surface area contributed by atoms with Crippen LogP contribution in [-0.4, -0.2) is 33.6 Å². The van der Waals surface area contributed by atoms with Gasteiger partial charge in [0.25, 0.3) is 0 Å². The Morgan fingerprint density at radius 1 is 1.00 bits per heavy atom. The summed E-state index contributed by atoms with van der Waals surface area (Å²) in [6.45, 7) is 9.53. The average Bonchev–Trinajstić information content (AvgIpc) is 3.06. The number of aliphatic hydroxyl groups excluding tert-OH is 2. The molecule has 172 valence electrons. The Kier molecular flexibility index (Phi) is 5.81. The van der Waals surface area contributed by atoms with Gasteiger partial charge >= 0.3 is 5.97 Å². The van der Waals surface area contributed by atoms with Crippen molar-refractivity contribution < 1.29 is 25.2 Å². The first-order valence-corrected chi connectivity index (χ1v) is 12.3. The van der Waals surface area contributed by atoms with E-state index in [2.05, 4.69) is 32.6 Å². The zero-order chi connectivity index (χ0) is 21.9. The van der Waals surface area contributed by atoms with Gasteiger partial charge in [0.2, 0.25) is 0 Å². The largest absolute Gasteiger partial charge is 0.393 e. The predicted molar refractivity (Wildman–Crippen MR) is 114 cm³/mol. The van der Waals surface area contributed by atoms with Crippen LogP contribution in [-0.2, 0) is 9.68 Å². The molecule has 3 N–H and O–H groups in total. The molecule has 0 amide bonds. The van der Waals surface area contributed by atoms with E-state index in [0.717, 1.165) is 51.4 Å². The second-order valence-corrected chi connectivity index (χ2v) is 12.1. The van der Waals surface area contributed by atoms with E-state index < -0.39 is 5.97 Å². The molecule has 4 saturated carbocycles. The lowest BCUT2D eigenvalue weighted by atomic mass is 9.38. The number of carbonyl (C=O) groups is 1. The summed E-state index contributed by atoms with van der Waals surface area (Å²) < 4.78 is 0. The molecule has 0 aliphatic heterocycles. The van der Waals surface area contributed by atoms with E-state index in [4.69, 9.17) is 5.26 Å². The summed E-state index contributed by atoms with van der Waals surface area (Å²) >= 11 is 0. The van der Waals surface area contributed by atoms with Gasteiger partial charge < -0.3 is 15.1 Å². The minimum absolute atomic E-state index is 0.0704. The van der Waals surface area contributed by atoms with Gasteiger partial charge in [-0.2, -0.15) is 5.26 Å². The Hall–Kier alpha value is -0.650. The zero-order valence-electron chi connectivity index (χ0n) is 19.3. The van der Waals surface area contributed by atoms with Crippen molar-refractivity contribution in [2.75, 3.05) is 0 Å². The molecule has 4 fully saturated rings. The molecule has 10 atom stereocenters. The molecule has 0 saturated heterocycles. The standard InChI is InChI=1S/C25H42O5/c1-15(5-8-22(28)30-29)18-6-7-19-24(18,3)12-10-20-23(2)11-9-17(26)13-16(23)14-21(27)25(19,20)4/h15-21,26-27,29H,5-14H2,1-4H3/t15-,16?,17-,18-,19?,20?,21+,23+,24?,25?/m1/s1. The van der Waals surface area contributed by atoms with Crippen molar-refractivity contribution in [1.29, 1.82) is 0 Å². The smallest absolute Gasteiger partial charge is 0.342 e. The number of aliphatic hydroxyl groups is 2. The third kappa shape index (κ3) is 3.17. The molecule has 4 rings (SSSR count). The van der Waals surface area contributed by atoms with Crippen LogP contribution in [0.15, 0.2) is 0 Å². The van der Waals surface area contributed by atoms with E-state index in [1.807, 2.05) is 0 Å². The van der Waals surface area contributed by atoms with Crippen molar-refractivity contribution in [3.8, 4) is 0 Å². The van der Waals surface area contributed by atoms with Gasteiger partial charge in [-0.15, -0.1) is 0 Å². The van der Waals surface area contributed by atoms with Crippen molar-refractivity contribution >= 4 is 5.97 Å². The molecule has 0 aromatic rings. The monoisotopic (exact) mass is 422 g/mol. The molecule has 4 aliphatic carbocycles. The highest BCUT2D eigenvalue weighted by Crippen LogP contribution is 2.72. The van der Waals surface area contributed by atoms with Crippen LogP contribution < -0.4 is 0 Å². The Balaban J connectivity index is 1.59. The van der Waals surface area contributed by atoms with Crippen LogP contribution in [0.2, 0.25) is 0 Å². The molecule has 5 unspecified atom stereocenters. The molecule has 30 heavy (non-hydrogen) atoms. The minimum atomic E-state index is -0.543. The van der Waals surface area contributed by atoms with Gasteiger partial charge in [0.1, 0.15) is 0 Å². The third-order valence-corrected chi connectivity index (χ3v) is 11.0. The summed E-state index contributed by atoms with van der Waals surface area (Å²) in [5.74, 6) is 1.84. The maximum atomic E-state index is 11.5. The minimum Gasteiger partial charge on any atom is -0.393 e. The van der Waals surface area contributed by atoms with E-state index in [9.17, 15) is 15.0 Å². The fourth-order valence-electron chi connectivity index (χ4n) is 9.43. The first kappa shape index (κ1) is 22.5. The summed E-state index contributed by atoms with van der Waals surface area (Å²) in [6.07, 6.45) is 8.83.